The van der Waals surface area contributed by atoms with Crippen LogP contribution in [0.4, 0.5) is 0 Å². The minimum Gasteiger partial charge on any atom is -0.497 e. The number of thiazole rings is 1. The van der Waals surface area contributed by atoms with Gasteiger partial charge in [-0.15, -0.1) is 0 Å². The van der Waals surface area contributed by atoms with Gasteiger partial charge in [-0.1, -0.05) is 23.5 Å². The Bertz CT molecular complexity index is 1340. The van der Waals surface area contributed by atoms with Crippen molar-refractivity contribution in [2.75, 3.05) is 13.7 Å². The van der Waals surface area contributed by atoms with E-state index < -0.39 is 12.0 Å². The van der Waals surface area contributed by atoms with Gasteiger partial charge in [0, 0.05) is 6.08 Å². The third kappa shape index (κ3) is 3.86. The lowest BCUT2D eigenvalue weighted by Gasteiger charge is -2.24. The number of hydrogen-bond acceptors (Lipinski definition) is 7. The van der Waals surface area contributed by atoms with E-state index in [0.29, 0.717) is 32.1 Å². The van der Waals surface area contributed by atoms with Gasteiger partial charge < -0.3 is 13.9 Å². The van der Waals surface area contributed by atoms with Gasteiger partial charge in [-0.25, -0.2) is 9.79 Å². The second-order valence-corrected chi connectivity index (χ2v) is 8.03. The molecule has 0 fully saturated rings. The summed E-state index contributed by atoms with van der Waals surface area (Å²) in [4.78, 5) is 31.3. The molecule has 31 heavy (non-hydrogen) atoms. The molecule has 0 N–H and O–H groups in total. The van der Waals surface area contributed by atoms with E-state index in [9.17, 15) is 9.59 Å². The van der Waals surface area contributed by atoms with Crippen LogP contribution in [-0.2, 0) is 9.53 Å². The van der Waals surface area contributed by atoms with E-state index in [4.69, 9.17) is 13.9 Å². The van der Waals surface area contributed by atoms with E-state index in [1.54, 1.807) is 43.7 Å². The molecule has 1 aliphatic rings. The fourth-order valence-electron chi connectivity index (χ4n) is 3.55. The summed E-state index contributed by atoms with van der Waals surface area (Å²) in [7, 11) is 1.59. The maximum atomic E-state index is 13.4. The Morgan fingerprint density at radius 1 is 1.23 bits per heavy atom. The van der Waals surface area contributed by atoms with Gasteiger partial charge >= 0.3 is 5.97 Å². The molecule has 0 radical (unpaired) electrons. The number of aromatic nitrogens is 1. The molecule has 1 aromatic carbocycles. The minimum atomic E-state index is -0.651. The highest BCUT2D eigenvalue weighted by Gasteiger charge is 2.33. The van der Waals surface area contributed by atoms with Crippen molar-refractivity contribution in [2.24, 2.45) is 4.99 Å². The number of furan rings is 1. The summed E-state index contributed by atoms with van der Waals surface area (Å²) in [6.07, 6.45) is 1.70. The lowest BCUT2D eigenvalue weighted by molar-refractivity contribution is -0.139. The number of hydrogen-bond donors (Lipinski definition) is 0. The highest BCUT2D eigenvalue weighted by Crippen LogP contribution is 2.31. The first kappa shape index (κ1) is 20.9. The van der Waals surface area contributed by atoms with Crippen molar-refractivity contribution in [1.29, 1.82) is 0 Å². The van der Waals surface area contributed by atoms with E-state index >= 15 is 0 Å². The van der Waals surface area contributed by atoms with E-state index in [-0.39, 0.29) is 12.2 Å². The molecule has 3 heterocycles. The average molecular weight is 439 g/mol. The normalized spacial score (nSPS) is 16.1. The quantitative estimate of drug-likeness (QED) is 0.572. The summed E-state index contributed by atoms with van der Waals surface area (Å²) in [6, 6.07) is 10.3. The topological polar surface area (TPSA) is 83.0 Å². The van der Waals surface area contributed by atoms with Crippen molar-refractivity contribution in [1.82, 2.24) is 4.57 Å². The molecular formula is C23H22N2O5S. The largest absolute Gasteiger partial charge is 0.497 e. The van der Waals surface area contributed by atoms with Gasteiger partial charge in [-0.3, -0.25) is 9.36 Å². The van der Waals surface area contributed by atoms with Gasteiger partial charge in [0.25, 0.3) is 5.56 Å². The molecule has 1 unspecified atom stereocenters. The molecule has 160 valence electrons. The summed E-state index contributed by atoms with van der Waals surface area (Å²) in [5, 5.41) is 0. The first-order valence-electron chi connectivity index (χ1n) is 9.83. The third-order valence-electron chi connectivity index (χ3n) is 4.98. The van der Waals surface area contributed by atoms with E-state index in [2.05, 4.69) is 4.99 Å². The maximum absolute atomic E-state index is 13.4. The summed E-state index contributed by atoms with van der Waals surface area (Å²) in [5.74, 6) is 1.55. The first-order valence-corrected chi connectivity index (χ1v) is 10.6. The standard InChI is InChI=1S/C23H22N2O5S/c1-5-29-22(27)19-14(3)24-23-25(20(19)15-7-10-16(28-4)11-8-15)21(26)18(31-23)12-17-9-6-13(2)30-17/h6-12,20H,5H2,1-4H3. The summed E-state index contributed by atoms with van der Waals surface area (Å²) in [5.41, 5.74) is 1.40. The molecule has 2 aromatic heterocycles. The molecule has 3 aromatic rings. The predicted octanol–water partition coefficient (Wildman–Crippen LogP) is 2.71. The number of methoxy groups -OCH3 is 1. The van der Waals surface area contributed by atoms with E-state index in [0.717, 1.165) is 11.3 Å². The van der Waals surface area contributed by atoms with E-state index in [1.807, 2.05) is 31.2 Å². The van der Waals surface area contributed by atoms with Crippen molar-refractivity contribution < 1.29 is 18.7 Å². The first-order chi connectivity index (χ1) is 14.9. The average Bonchev–Trinajstić information content (AvgIpc) is 3.30. The van der Waals surface area contributed by atoms with Crippen molar-refractivity contribution >= 4 is 23.4 Å². The van der Waals surface area contributed by atoms with Crippen LogP contribution in [0.3, 0.4) is 0 Å². The van der Waals surface area contributed by atoms with Crippen molar-refractivity contribution in [2.45, 2.75) is 26.8 Å². The van der Waals surface area contributed by atoms with Crippen LogP contribution >= 0.6 is 11.3 Å². The van der Waals surface area contributed by atoms with Crippen molar-refractivity contribution in [3.05, 3.63) is 84.4 Å². The number of ether oxygens (including phenoxy) is 2. The molecule has 0 saturated heterocycles. The molecular weight excluding hydrogens is 416 g/mol. The SMILES string of the molecule is CCOC(=O)C1=C(C)N=c2sc(=Cc3ccc(C)o3)c(=O)n2C1c1ccc(OC)cc1. The molecule has 0 aliphatic carbocycles. The highest BCUT2D eigenvalue weighted by atomic mass is 32.1. The minimum absolute atomic E-state index is 0.229. The van der Waals surface area contributed by atoms with Crippen molar-refractivity contribution in [3.63, 3.8) is 0 Å². The monoisotopic (exact) mass is 438 g/mol. The van der Waals surface area contributed by atoms with Gasteiger partial charge in [0.05, 0.1) is 35.6 Å². The number of esters is 1. The zero-order valence-corrected chi connectivity index (χ0v) is 18.5. The summed E-state index contributed by atoms with van der Waals surface area (Å²) >= 11 is 1.26. The van der Waals surface area contributed by atoms with Gasteiger partial charge in [0.2, 0.25) is 0 Å². The highest BCUT2D eigenvalue weighted by molar-refractivity contribution is 7.07. The molecule has 0 saturated carbocycles. The van der Waals surface area contributed by atoms with Gasteiger partial charge in [0.1, 0.15) is 17.3 Å². The van der Waals surface area contributed by atoms with Crippen LogP contribution < -0.4 is 19.6 Å². The maximum Gasteiger partial charge on any atom is 0.338 e. The van der Waals surface area contributed by atoms with E-state index in [1.165, 1.54) is 11.3 Å². The predicted molar refractivity (Wildman–Crippen MR) is 117 cm³/mol. The molecule has 1 atom stereocenters. The molecule has 4 rings (SSSR count). The number of carbonyl (C=O) groups excluding carboxylic acids is 1. The second kappa shape index (κ2) is 8.39. The van der Waals surface area contributed by atoms with Crippen LogP contribution in [-0.4, -0.2) is 24.3 Å². The Hall–Kier alpha value is -3.39. The fraction of sp³-hybridized carbons (Fsp3) is 0.261. The number of allylic oxidation sites excluding steroid dienone is 1. The Morgan fingerprint density at radius 2 is 1.97 bits per heavy atom. The summed E-state index contributed by atoms with van der Waals surface area (Å²) < 4.78 is 18.2. The zero-order chi connectivity index (χ0) is 22.1. The van der Waals surface area contributed by atoms with Crippen LogP contribution in [0.15, 0.2) is 61.9 Å². The van der Waals surface area contributed by atoms with Crippen LogP contribution in [0.5, 0.6) is 5.75 Å². The molecule has 7 nitrogen and oxygen atoms in total. The summed E-state index contributed by atoms with van der Waals surface area (Å²) in [6.45, 7) is 5.58. The molecule has 0 spiro atoms. The lowest BCUT2D eigenvalue weighted by Crippen LogP contribution is -2.39. The van der Waals surface area contributed by atoms with Crippen LogP contribution in [0, 0.1) is 6.92 Å². The molecule has 0 amide bonds. The Kier molecular flexibility index (Phi) is 5.65. The fourth-order valence-corrected chi connectivity index (χ4v) is 4.58. The number of rotatable bonds is 5. The van der Waals surface area contributed by atoms with Crippen molar-refractivity contribution in [3.8, 4) is 5.75 Å². The van der Waals surface area contributed by atoms with Crippen LogP contribution in [0.2, 0.25) is 0 Å². The number of carbonyl (C=O) groups is 1. The second-order valence-electron chi connectivity index (χ2n) is 7.02. The molecule has 1 aliphatic heterocycles. The number of fused-ring (bicyclic) bond motifs is 1. The van der Waals surface area contributed by atoms with Crippen LogP contribution in [0.1, 0.15) is 37.0 Å². The number of aryl methyl sites for hydroxylation is 1. The number of benzene rings is 1. The van der Waals surface area contributed by atoms with Crippen LogP contribution in [0.25, 0.3) is 6.08 Å². The Morgan fingerprint density at radius 3 is 2.58 bits per heavy atom. The lowest BCUT2D eigenvalue weighted by atomic mass is 9.96. The third-order valence-corrected chi connectivity index (χ3v) is 5.97. The Labute approximate surface area is 182 Å². The van der Waals surface area contributed by atoms with Gasteiger partial charge in [-0.05, 0) is 50.6 Å². The smallest absolute Gasteiger partial charge is 0.338 e. The number of nitrogens with zero attached hydrogens (tertiary/aromatic N) is 2. The van der Waals surface area contributed by atoms with Gasteiger partial charge in [-0.2, -0.15) is 0 Å². The zero-order valence-electron chi connectivity index (χ0n) is 17.7. The molecule has 8 heteroatoms. The Balaban J connectivity index is 1.94. The molecule has 0 bridgehead atoms. The van der Waals surface area contributed by atoms with Gasteiger partial charge in [0.15, 0.2) is 4.80 Å².